The third-order valence-electron chi connectivity index (χ3n) is 1.43. The van der Waals surface area contributed by atoms with Crippen molar-refractivity contribution in [2.24, 2.45) is 0 Å². The van der Waals surface area contributed by atoms with Crippen molar-refractivity contribution in [3.63, 3.8) is 0 Å². The summed E-state index contributed by atoms with van der Waals surface area (Å²) in [6, 6.07) is 1.84. The lowest BCUT2D eigenvalue weighted by molar-refractivity contribution is -0.133. The summed E-state index contributed by atoms with van der Waals surface area (Å²) in [5, 5.41) is 21.6. The topological polar surface area (TPSA) is 57.5 Å². The molecule has 2 N–H and O–H groups in total. The number of hydrogen-bond donors (Lipinski definition) is 2. The molecule has 0 aromatic carbocycles. The average Bonchev–Trinajstić information content (AvgIpc) is 2.55. The number of hydrogen-bond acceptors (Lipinski definition) is 4. The predicted molar refractivity (Wildman–Crippen MR) is 54.2 cm³/mol. The molecule has 0 aliphatic heterocycles. The van der Waals surface area contributed by atoms with Crippen LogP contribution < -0.4 is 0 Å². The maximum absolute atomic E-state index is 10.2. The highest BCUT2D eigenvalue weighted by Gasteiger charge is 2.08. The van der Waals surface area contributed by atoms with Gasteiger partial charge in [-0.25, -0.2) is 0 Å². The smallest absolute Gasteiger partial charge is 0.313 e. The summed E-state index contributed by atoms with van der Waals surface area (Å²) < 4.78 is 0. The molecular formula is C8H10O3S2. The Morgan fingerprint density at radius 2 is 2.46 bits per heavy atom. The summed E-state index contributed by atoms with van der Waals surface area (Å²) in [5.74, 6) is -0.368. The van der Waals surface area contributed by atoms with Gasteiger partial charge in [-0.3, -0.25) is 4.79 Å². The lowest BCUT2D eigenvalue weighted by Gasteiger charge is -2.06. The highest BCUT2D eigenvalue weighted by molar-refractivity contribution is 7.99. The van der Waals surface area contributed by atoms with Gasteiger partial charge in [0, 0.05) is 5.75 Å². The Morgan fingerprint density at radius 3 is 3.00 bits per heavy atom. The van der Waals surface area contributed by atoms with Gasteiger partial charge in [-0.1, -0.05) is 0 Å². The number of carboxylic acid groups (broad SMARTS) is 1. The Morgan fingerprint density at radius 1 is 1.69 bits per heavy atom. The highest BCUT2D eigenvalue weighted by Crippen LogP contribution is 2.20. The van der Waals surface area contributed by atoms with Crippen LogP contribution in [-0.4, -0.2) is 27.7 Å². The fourth-order valence-electron chi connectivity index (χ4n) is 0.819. The third kappa shape index (κ3) is 3.80. The average molecular weight is 218 g/mol. The van der Waals surface area contributed by atoms with Crippen molar-refractivity contribution in [1.29, 1.82) is 0 Å². The summed E-state index contributed by atoms with van der Waals surface area (Å²) in [5.41, 5.74) is 0.864. The molecule has 3 nitrogen and oxygen atoms in total. The van der Waals surface area contributed by atoms with Crippen molar-refractivity contribution in [3.8, 4) is 0 Å². The molecule has 0 radical (unpaired) electrons. The normalized spacial score (nSPS) is 12.7. The third-order valence-corrected chi connectivity index (χ3v) is 3.13. The molecule has 0 saturated carbocycles. The number of thioether (sulfide) groups is 1. The van der Waals surface area contributed by atoms with E-state index in [1.165, 1.54) is 23.1 Å². The second-order valence-electron chi connectivity index (χ2n) is 2.48. The second-order valence-corrected chi connectivity index (χ2v) is 4.29. The Bertz CT molecular complexity index is 258. The molecule has 0 fully saturated rings. The van der Waals surface area contributed by atoms with Crippen molar-refractivity contribution in [2.75, 3.05) is 11.5 Å². The van der Waals surface area contributed by atoms with E-state index in [0.29, 0.717) is 5.75 Å². The van der Waals surface area contributed by atoms with Crippen LogP contribution in [-0.2, 0) is 4.79 Å². The number of aliphatic carboxylic acids is 1. The van der Waals surface area contributed by atoms with Crippen molar-refractivity contribution < 1.29 is 15.0 Å². The van der Waals surface area contributed by atoms with E-state index < -0.39 is 12.1 Å². The Labute approximate surface area is 84.4 Å². The fourth-order valence-corrected chi connectivity index (χ4v) is 2.23. The first-order valence-electron chi connectivity index (χ1n) is 3.70. The molecule has 0 unspecified atom stereocenters. The molecule has 0 aliphatic rings. The van der Waals surface area contributed by atoms with E-state index in [9.17, 15) is 9.90 Å². The zero-order chi connectivity index (χ0) is 9.68. The molecule has 1 heterocycles. The molecule has 0 saturated heterocycles. The zero-order valence-electron chi connectivity index (χ0n) is 6.84. The van der Waals surface area contributed by atoms with Crippen LogP contribution in [0.1, 0.15) is 11.7 Å². The SMILES string of the molecule is O=C(O)CSC[C@@H](O)c1ccsc1. The first-order chi connectivity index (χ1) is 6.20. The quantitative estimate of drug-likeness (QED) is 0.788. The summed E-state index contributed by atoms with van der Waals surface area (Å²) >= 11 is 2.74. The molecule has 1 aromatic heterocycles. The summed E-state index contributed by atoms with van der Waals surface area (Å²) in [4.78, 5) is 10.2. The van der Waals surface area contributed by atoms with Gasteiger partial charge in [-0.05, 0) is 22.4 Å². The summed E-state index contributed by atoms with van der Waals surface area (Å²) in [6.45, 7) is 0. The van der Waals surface area contributed by atoms with E-state index in [-0.39, 0.29) is 5.75 Å². The Hall–Kier alpha value is -0.520. The van der Waals surface area contributed by atoms with Crippen LogP contribution in [0.25, 0.3) is 0 Å². The first kappa shape index (κ1) is 10.6. The number of rotatable bonds is 5. The van der Waals surface area contributed by atoms with Crippen LogP contribution in [0.5, 0.6) is 0 Å². The van der Waals surface area contributed by atoms with Crippen molar-refractivity contribution in [2.45, 2.75) is 6.10 Å². The minimum absolute atomic E-state index is 0.0429. The highest BCUT2D eigenvalue weighted by atomic mass is 32.2. The molecule has 0 aliphatic carbocycles. The molecular weight excluding hydrogens is 208 g/mol. The minimum atomic E-state index is -0.845. The molecule has 0 bridgehead atoms. The van der Waals surface area contributed by atoms with E-state index >= 15 is 0 Å². The van der Waals surface area contributed by atoms with Gasteiger partial charge in [0.1, 0.15) is 0 Å². The lowest BCUT2D eigenvalue weighted by atomic mass is 10.2. The van der Waals surface area contributed by atoms with Gasteiger partial charge in [0.15, 0.2) is 0 Å². The van der Waals surface area contributed by atoms with Gasteiger partial charge < -0.3 is 10.2 Å². The van der Waals surface area contributed by atoms with Crippen LogP contribution >= 0.6 is 23.1 Å². The Kier molecular flexibility index (Phi) is 4.27. The summed E-state index contributed by atoms with van der Waals surface area (Å²) in [6.07, 6.45) is -0.546. The van der Waals surface area contributed by atoms with Gasteiger partial charge in [0.2, 0.25) is 0 Å². The number of thiophene rings is 1. The number of carboxylic acids is 1. The molecule has 13 heavy (non-hydrogen) atoms. The minimum Gasteiger partial charge on any atom is -0.481 e. The van der Waals surface area contributed by atoms with Crippen LogP contribution in [0, 0.1) is 0 Å². The van der Waals surface area contributed by atoms with Crippen LogP contribution in [0.2, 0.25) is 0 Å². The van der Waals surface area contributed by atoms with Crippen molar-refractivity contribution >= 4 is 29.1 Å². The van der Waals surface area contributed by atoms with E-state index in [4.69, 9.17) is 5.11 Å². The fraction of sp³-hybridized carbons (Fsp3) is 0.375. The van der Waals surface area contributed by atoms with Gasteiger partial charge in [0.25, 0.3) is 0 Å². The van der Waals surface area contributed by atoms with E-state index in [1.54, 1.807) is 0 Å². The number of aliphatic hydroxyl groups excluding tert-OH is 1. The van der Waals surface area contributed by atoms with Gasteiger partial charge in [0.05, 0.1) is 11.9 Å². The Balaban J connectivity index is 2.26. The van der Waals surface area contributed by atoms with Crippen molar-refractivity contribution in [1.82, 2.24) is 0 Å². The lowest BCUT2D eigenvalue weighted by Crippen LogP contribution is -2.04. The van der Waals surface area contributed by atoms with Crippen LogP contribution in [0.4, 0.5) is 0 Å². The number of carbonyl (C=O) groups is 1. The zero-order valence-corrected chi connectivity index (χ0v) is 8.48. The first-order valence-corrected chi connectivity index (χ1v) is 5.79. The van der Waals surface area contributed by atoms with E-state index in [0.717, 1.165) is 5.56 Å². The standard InChI is InChI=1S/C8H10O3S2/c9-7(4-13-5-8(10)11)6-1-2-12-3-6/h1-3,7,9H,4-5H2,(H,10,11)/t7-/m1/s1. The summed E-state index contributed by atoms with van der Waals surface area (Å²) in [7, 11) is 0. The molecule has 72 valence electrons. The predicted octanol–water partition coefficient (Wildman–Crippen LogP) is 1.60. The maximum atomic E-state index is 10.2. The largest absolute Gasteiger partial charge is 0.481 e. The van der Waals surface area contributed by atoms with Gasteiger partial charge >= 0.3 is 5.97 Å². The maximum Gasteiger partial charge on any atom is 0.313 e. The number of aliphatic hydroxyl groups is 1. The van der Waals surface area contributed by atoms with Crippen LogP contribution in [0.15, 0.2) is 16.8 Å². The van der Waals surface area contributed by atoms with E-state index in [2.05, 4.69) is 0 Å². The molecule has 0 amide bonds. The molecule has 1 atom stereocenters. The molecule has 0 spiro atoms. The molecule has 5 heteroatoms. The second kappa shape index (κ2) is 5.26. The van der Waals surface area contributed by atoms with Gasteiger partial charge in [-0.15, -0.1) is 11.8 Å². The van der Waals surface area contributed by atoms with E-state index in [1.807, 2.05) is 16.8 Å². The molecule has 1 aromatic rings. The van der Waals surface area contributed by atoms with Gasteiger partial charge in [-0.2, -0.15) is 11.3 Å². The molecule has 1 rings (SSSR count). The monoisotopic (exact) mass is 218 g/mol. The van der Waals surface area contributed by atoms with Crippen molar-refractivity contribution in [3.05, 3.63) is 22.4 Å². The van der Waals surface area contributed by atoms with Crippen LogP contribution in [0.3, 0.4) is 0 Å².